The molecule has 8 heteroatoms. The molecule has 3 aromatic carbocycles. The Labute approximate surface area is 167 Å². The Morgan fingerprint density at radius 3 is 2.21 bits per heavy atom. The monoisotopic (exact) mass is 389 g/mol. The third-order valence-corrected chi connectivity index (χ3v) is 4.12. The normalized spacial score (nSPS) is 11.3. The van der Waals surface area contributed by atoms with E-state index in [4.69, 9.17) is 4.74 Å². The molecule has 29 heavy (non-hydrogen) atoms. The highest BCUT2D eigenvalue weighted by molar-refractivity contribution is 5.64. The number of azo groups is 2. The quantitative estimate of drug-likeness (QED) is 0.256. The maximum absolute atomic E-state index is 11.2. The van der Waals surface area contributed by atoms with Gasteiger partial charge in [0, 0.05) is 12.1 Å². The molecule has 0 bridgehead atoms. The average molecular weight is 389 g/mol. The van der Waals surface area contributed by atoms with Gasteiger partial charge in [0.1, 0.15) is 11.4 Å². The van der Waals surface area contributed by atoms with E-state index in [2.05, 4.69) is 20.5 Å². The van der Waals surface area contributed by atoms with Gasteiger partial charge in [0.2, 0.25) is 0 Å². The molecule has 0 N–H and O–H groups in total. The Hall–Kier alpha value is -3.94. The van der Waals surface area contributed by atoms with Gasteiger partial charge in [-0.3, -0.25) is 10.1 Å². The van der Waals surface area contributed by atoms with Gasteiger partial charge in [-0.15, -0.1) is 15.3 Å². The van der Waals surface area contributed by atoms with E-state index in [9.17, 15) is 10.1 Å². The molecule has 0 aliphatic rings. The summed E-state index contributed by atoms with van der Waals surface area (Å²) in [6, 6.07) is 17.6. The SMILES string of the molecule is COc1cc(N=Nc2ccc(C)cc2[N+](=O)[O-])c(C)cc1N=Nc1ccccc1. The van der Waals surface area contributed by atoms with Crippen molar-refractivity contribution in [2.24, 2.45) is 20.5 Å². The van der Waals surface area contributed by atoms with Gasteiger partial charge in [-0.2, -0.15) is 5.11 Å². The van der Waals surface area contributed by atoms with Crippen molar-refractivity contribution in [3.05, 3.63) is 81.9 Å². The molecule has 0 fully saturated rings. The summed E-state index contributed by atoms with van der Waals surface area (Å²) in [5.74, 6) is 0.475. The number of nitrogens with zero attached hydrogens (tertiary/aromatic N) is 5. The second-order valence-electron chi connectivity index (χ2n) is 6.30. The second kappa shape index (κ2) is 8.83. The predicted octanol–water partition coefficient (Wildman–Crippen LogP) is 7.05. The lowest BCUT2D eigenvalue weighted by atomic mass is 10.1. The first-order valence-electron chi connectivity index (χ1n) is 8.80. The maximum atomic E-state index is 11.2. The number of hydrogen-bond acceptors (Lipinski definition) is 7. The summed E-state index contributed by atoms with van der Waals surface area (Å²) >= 11 is 0. The Bertz CT molecular complexity index is 1090. The maximum Gasteiger partial charge on any atom is 0.296 e. The molecule has 0 aliphatic heterocycles. The molecule has 0 atom stereocenters. The van der Waals surface area contributed by atoms with Gasteiger partial charge in [0.25, 0.3) is 5.69 Å². The topological polar surface area (TPSA) is 102 Å². The van der Waals surface area contributed by atoms with Crippen molar-refractivity contribution in [2.75, 3.05) is 7.11 Å². The lowest BCUT2D eigenvalue weighted by Gasteiger charge is -2.07. The van der Waals surface area contributed by atoms with Crippen molar-refractivity contribution in [2.45, 2.75) is 13.8 Å². The minimum absolute atomic E-state index is 0.0911. The zero-order valence-electron chi connectivity index (χ0n) is 16.2. The molecule has 0 aliphatic carbocycles. The molecule has 0 saturated heterocycles. The minimum Gasteiger partial charge on any atom is -0.494 e. The highest BCUT2D eigenvalue weighted by Gasteiger charge is 2.14. The van der Waals surface area contributed by atoms with E-state index in [1.807, 2.05) is 37.3 Å². The Morgan fingerprint density at radius 1 is 0.828 bits per heavy atom. The van der Waals surface area contributed by atoms with Crippen LogP contribution in [-0.2, 0) is 0 Å². The molecule has 8 nitrogen and oxygen atoms in total. The molecule has 0 heterocycles. The number of nitro groups is 1. The summed E-state index contributed by atoms with van der Waals surface area (Å²) in [6.07, 6.45) is 0. The van der Waals surface area contributed by atoms with E-state index in [0.29, 0.717) is 17.1 Å². The number of benzene rings is 3. The first kappa shape index (κ1) is 19.8. The fourth-order valence-electron chi connectivity index (χ4n) is 2.59. The van der Waals surface area contributed by atoms with Crippen molar-refractivity contribution in [3.8, 4) is 5.75 Å². The molecule has 3 aromatic rings. The summed E-state index contributed by atoms with van der Waals surface area (Å²) in [6.45, 7) is 3.63. The van der Waals surface area contributed by atoms with Gasteiger partial charge in [0.15, 0.2) is 5.69 Å². The number of nitro benzene ring substituents is 1. The van der Waals surface area contributed by atoms with Crippen molar-refractivity contribution in [3.63, 3.8) is 0 Å². The summed E-state index contributed by atoms with van der Waals surface area (Å²) in [4.78, 5) is 10.8. The second-order valence-corrected chi connectivity index (χ2v) is 6.30. The fourth-order valence-corrected chi connectivity index (χ4v) is 2.59. The van der Waals surface area contributed by atoms with E-state index < -0.39 is 4.92 Å². The number of rotatable bonds is 6. The Kier molecular flexibility index (Phi) is 6.03. The standard InChI is InChI=1S/C21H19N5O3/c1-14-9-10-17(20(11-14)26(27)28)23-24-18-13-21(29-3)19(12-15(18)2)25-22-16-7-5-4-6-8-16/h4-13H,1-3H3. The average Bonchev–Trinajstić information content (AvgIpc) is 2.72. The molecule has 0 spiro atoms. The number of aryl methyl sites for hydroxylation is 2. The molecular formula is C21H19N5O3. The highest BCUT2D eigenvalue weighted by atomic mass is 16.6. The van der Waals surface area contributed by atoms with Crippen LogP contribution in [0.5, 0.6) is 5.75 Å². The fraction of sp³-hybridized carbons (Fsp3) is 0.143. The van der Waals surface area contributed by atoms with Gasteiger partial charge in [-0.05, 0) is 49.2 Å². The van der Waals surface area contributed by atoms with Crippen LogP contribution in [0.3, 0.4) is 0 Å². The molecule has 0 amide bonds. The summed E-state index contributed by atoms with van der Waals surface area (Å²) in [5.41, 5.74) is 3.46. The molecule has 0 unspecified atom stereocenters. The molecule has 0 saturated carbocycles. The predicted molar refractivity (Wildman–Crippen MR) is 110 cm³/mol. The van der Waals surface area contributed by atoms with Crippen LogP contribution in [-0.4, -0.2) is 12.0 Å². The Balaban J connectivity index is 1.93. The first-order chi connectivity index (χ1) is 14.0. The lowest BCUT2D eigenvalue weighted by Crippen LogP contribution is -1.89. The zero-order valence-corrected chi connectivity index (χ0v) is 16.2. The van der Waals surface area contributed by atoms with Gasteiger partial charge >= 0.3 is 0 Å². The highest BCUT2D eigenvalue weighted by Crippen LogP contribution is 2.37. The number of hydrogen-bond donors (Lipinski definition) is 0. The van der Waals surface area contributed by atoms with Crippen LogP contribution in [0.2, 0.25) is 0 Å². The molecular weight excluding hydrogens is 370 g/mol. The van der Waals surface area contributed by atoms with E-state index in [0.717, 1.165) is 16.8 Å². The van der Waals surface area contributed by atoms with Crippen molar-refractivity contribution in [1.82, 2.24) is 0 Å². The van der Waals surface area contributed by atoms with Crippen molar-refractivity contribution >= 4 is 28.4 Å². The summed E-state index contributed by atoms with van der Waals surface area (Å²) in [5, 5.41) is 28.0. The molecule has 0 radical (unpaired) electrons. The van der Waals surface area contributed by atoms with Gasteiger partial charge < -0.3 is 4.74 Å². The molecule has 3 rings (SSSR count). The smallest absolute Gasteiger partial charge is 0.296 e. The van der Waals surface area contributed by atoms with Gasteiger partial charge in [-0.25, -0.2) is 0 Å². The van der Waals surface area contributed by atoms with Crippen molar-refractivity contribution < 1.29 is 9.66 Å². The van der Waals surface area contributed by atoms with Crippen LogP contribution in [0.25, 0.3) is 0 Å². The van der Waals surface area contributed by atoms with Crippen LogP contribution in [0.15, 0.2) is 81.1 Å². The minimum atomic E-state index is -0.470. The first-order valence-corrected chi connectivity index (χ1v) is 8.80. The van der Waals surface area contributed by atoms with Gasteiger partial charge in [0.05, 0.1) is 23.4 Å². The van der Waals surface area contributed by atoms with Crippen LogP contribution < -0.4 is 4.74 Å². The van der Waals surface area contributed by atoms with Crippen LogP contribution in [0.4, 0.5) is 28.4 Å². The zero-order chi connectivity index (χ0) is 20.8. The summed E-state index contributed by atoms with van der Waals surface area (Å²) < 4.78 is 5.40. The van der Waals surface area contributed by atoms with Gasteiger partial charge in [-0.1, -0.05) is 24.3 Å². The van der Waals surface area contributed by atoms with E-state index in [-0.39, 0.29) is 11.4 Å². The summed E-state index contributed by atoms with van der Waals surface area (Å²) in [7, 11) is 1.53. The van der Waals surface area contributed by atoms with Crippen LogP contribution in [0.1, 0.15) is 11.1 Å². The van der Waals surface area contributed by atoms with E-state index >= 15 is 0 Å². The molecule has 0 aromatic heterocycles. The number of methoxy groups -OCH3 is 1. The number of ether oxygens (including phenoxy) is 1. The third kappa shape index (κ3) is 4.86. The lowest BCUT2D eigenvalue weighted by molar-refractivity contribution is -0.384. The van der Waals surface area contributed by atoms with Crippen LogP contribution in [0, 0.1) is 24.0 Å². The largest absolute Gasteiger partial charge is 0.494 e. The molecule has 146 valence electrons. The van der Waals surface area contributed by atoms with E-state index in [1.165, 1.54) is 13.2 Å². The third-order valence-electron chi connectivity index (χ3n) is 4.12. The Morgan fingerprint density at radius 2 is 1.52 bits per heavy atom. The van der Waals surface area contributed by atoms with Crippen LogP contribution >= 0.6 is 0 Å². The van der Waals surface area contributed by atoms with Crippen molar-refractivity contribution in [1.29, 1.82) is 0 Å². The van der Waals surface area contributed by atoms with E-state index in [1.54, 1.807) is 31.2 Å².